The fourth-order valence-electron chi connectivity index (χ4n) is 5.02. The number of aromatic nitrogens is 1. The molecule has 0 bridgehead atoms. The lowest BCUT2D eigenvalue weighted by Crippen LogP contribution is -2.09. The Kier molecular flexibility index (Phi) is 12.2. The number of allylic oxidation sites excluding steroid dienone is 4. The topological polar surface area (TPSA) is 43.3 Å². The van der Waals surface area contributed by atoms with Crippen LogP contribution in [0.4, 0.5) is 0 Å². The molecular weight excluding hydrogens is 432 g/mol. The van der Waals surface area contributed by atoms with Gasteiger partial charge in [0.25, 0.3) is 0 Å². The maximum atomic E-state index is 13.1. The average Bonchev–Trinajstić information content (AvgIpc) is 3.54. The van der Waals surface area contributed by atoms with Crippen molar-refractivity contribution in [1.29, 1.82) is 0 Å². The van der Waals surface area contributed by atoms with Gasteiger partial charge in [-0.1, -0.05) is 63.3 Å². The molecule has 1 saturated heterocycles. The van der Waals surface area contributed by atoms with E-state index in [-0.39, 0.29) is 5.91 Å². The van der Waals surface area contributed by atoms with Crippen LogP contribution < -0.4 is 10.1 Å². The molecule has 1 atom stereocenters. The summed E-state index contributed by atoms with van der Waals surface area (Å²) in [7, 11) is 1.70. The first kappa shape index (κ1) is 27.3. The van der Waals surface area contributed by atoms with Gasteiger partial charge in [-0.2, -0.15) is 0 Å². The Bertz CT molecular complexity index is 950. The standard InChI is InChI=1S/C31H46N2O2/c1-3-4-5-6-7-8-9-10-11-12-13-14-15-16-17-18-31(34)33-25-29(26-21-22-32-24-26)28-23-27(35-2)19-20-30(28)33/h7-8,10-11,19-20,23,25-26,32H,3-6,9,12-18,21-22,24H2,1-2H3/b8-7-,11-10-. The number of nitrogens with one attached hydrogen (secondary N) is 1. The highest BCUT2D eigenvalue weighted by Crippen LogP contribution is 2.33. The maximum Gasteiger partial charge on any atom is 0.231 e. The van der Waals surface area contributed by atoms with Crippen LogP contribution in [0.25, 0.3) is 10.9 Å². The molecule has 192 valence electrons. The van der Waals surface area contributed by atoms with E-state index in [1.165, 1.54) is 56.9 Å². The Morgan fingerprint density at radius 1 is 1.03 bits per heavy atom. The summed E-state index contributed by atoms with van der Waals surface area (Å²) in [6.07, 6.45) is 26.3. The quantitative estimate of drug-likeness (QED) is 0.195. The lowest BCUT2D eigenvalue weighted by Gasteiger charge is -2.07. The Morgan fingerprint density at radius 3 is 2.49 bits per heavy atom. The van der Waals surface area contributed by atoms with Gasteiger partial charge in [0.05, 0.1) is 12.6 Å². The van der Waals surface area contributed by atoms with Gasteiger partial charge in [-0.05, 0) is 81.2 Å². The van der Waals surface area contributed by atoms with E-state index >= 15 is 0 Å². The van der Waals surface area contributed by atoms with E-state index < -0.39 is 0 Å². The predicted octanol–water partition coefficient (Wildman–Crippen LogP) is 8.18. The van der Waals surface area contributed by atoms with Crippen LogP contribution in [-0.4, -0.2) is 30.7 Å². The Morgan fingerprint density at radius 2 is 1.77 bits per heavy atom. The van der Waals surface area contributed by atoms with E-state index in [1.54, 1.807) is 7.11 Å². The number of nitrogens with zero attached hydrogens (tertiary/aromatic N) is 1. The monoisotopic (exact) mass is 478 g/mol. The summed E-state index contributed by atoms with van der Waals surface area (Å²) in [6, 6.07) is 6.08. The van der Waals surface area contributed by atoms with Crippen LogP contribution in [0, 0.1) is 0 Å². The number of ether oxygens (including phenoxy) is 1. The first-order valence-electron chi connectivity index (χ1n) is 14.0. The third-order valence-corrected chi connectivity index (χ3v) is 7.15. The Hall–Kier alpha value is -2.33. The second-order valence-corrected chi connectivity index (χ2v) is 9.90. The van der Waals surface area contributed by atoms with Crippen LogP contribution in [0.5, 0.6) is 5.75 Å². The van der Waals surface area contributed by atoms with Crippen molar-refractivity contribution in [3.8, 4) is 5.75 Å². The van der Waals surface area contributed by atoms with E-state index in [1.807, 2.05) is 16.7 Å². The zero-order valence-electron chi connectivity index (χ0n) is 22.1. The number of methoxy groups -OCH3 is 1. The molecule has 0 saturated carbocycles. The molecule has 4 heteroatoms. The molecular formula is C31H46N2O2. The van der Waals surface area contributed by atoms with Crippen LogP contribution in [0.3, 0.4) is 0 Å². The molecule has 1 aromatic carbocycles. The predicted molar refractivity (Wildman–Crippen MR) is 149 cm³/mol. The van der Waals surface area contributed by atoms with Crippen LogP contribution >= 0.6 is 0 Å². The molecule has 1 fully saturated rings. The summed E-state index contributed by atoms with van der Waals surface area (Å²) < 4.78 is 7.35. The molecule has 0 amide bonds. The summed E-state index contributed by atoms with van der Waals surface area (Å²) >= 11 is 0. The molecule has 1 unspecified atom stereocenters. The number of rotatable bonds is 16. The molecule has 1 aliphatic rings. The van der Waals surface area contributed by atoms with Crippen molar-refractivity contribution >= 4 is 16.8 Å². The number of unbranched alkanes of at least 4 members (excludes halogenated alkanes) is 8. The van der Waals surface area contributed by atoms with Crippen molar-refractivity contribution in [2.75, 3.05) is 20.2 Å². The molecule has 0 spiro atoms. The second-order valence-electron chi connectivity index (χ2n) is 9.90. The third kappa shape index (κ3) is 8.68. The zero-order chi connectivity index (χ0) is 24.7. The normalized spacial score (nSPS) is 16.2. The SMILES string of the molecule is CCCCC/C=C\C/C=C\CCCCCCCC(=O)n1cc(C2CCNC2)c2cc(OC)ccc21. The third-order valence-electron chi connectivity index (χ3n) is 7.15. The Labute approximate surface area is 212 Å². The van der Waals surface area contributed by atoms with Gasteiger partial charge >= 0.3 is 0 Å². The van der Waals surface area contributed by atoms with Crippen molar-refractivity contribution in [2.45, 2.75) is 96.3 Å². The fraction of sp³-hybridized carbons (Fsp3) is 0.581. The number of carbonyl (C=O) groups is 1. The van der Waals surface area contributed by atoms with Crippen molar-refractivity contribution in [1.82, 2.24) is 9.88 Å². The molecule has 0 radical (unpaired) electrons. The van der Waals surface area contributed by atoms with Gasteiger partial charge in [-0.3, -0.25) is 9.36 Å². The summed E-state index contributed by atoms with van der Waals surface area (Å²) in [5.74, 6) is 1.53. The summed E-state index contributed by atoms with van der Waals surface area (Å²) in [5.41, 5.74) is 2.29. The molecule has 1 aromatic heterocycles. The molecule has 35 heavy (non-hydrogen) atoms. The lowest BCUT2D eigenvalue weighted by molar-refractivity contribution is 0.0904. The van der Waals surface area contributed by atoms with Crippen LogP contribution in [0.15, 0.2) is 48.7 Å². The maximum absolute atomic E-state index is 13.1. The largest absolute Gasteiger partial charge is 0.497 e. The minimum Gasteiger partial charge on any atom is -0.497 e. The van der Waals surface area contributed by atoms with Crippen molar-refractivity contribution in [3.05, 3.63) is 54.3 Å². The van der Waals surface area contributed by atoms with E-state index in [0.29, 0.717) is 12.3 Å². The highest BCUT2D eigenvalue weighted by molar-refractivity contribution is 5.95. The minimum atomic E-state index is 0.211. The van der Waals surface area contributed by atoms with Gasteiger partial charge in [0.1, 0.15) is 5.75 Å². The first-order chi connectivity index (χ1) is 17.2. The van der Waals surface area contributed by atoms with Gasteiger partial charge in [0.2, 0.25) is 5.91 Å². The van der Waals surface area contributed by atoms with Gasteiger partial charge < -0.3 is 10.1 Å². The molecule has 4 nitrogen and oxygen atoms in total. The van der Waals surface area contributed by atoms with Gasteiger partial charge in [-0.25, -0.2) is 0 Å². The average molecular weight is 479 g/mol. The van der Waals surface area contributed by atoms with Crippen LogP contribution in [0.1, 0.15) is 107 Å². The molecule has 2 heterocycles. The number of hydrogen-bond acceptors (Lipinski definition) is 3. The number of carbonyl (C=O) groups excluding carboxylic acids is 1. The van der Waals surface area contributed by atoms with Crippen LogP contribution in [0.2, 0.25) is 0 Å². The highest BCUT2D eigenvalue weighted by Gasteiger charge is 2.23. The van der Waals surface area contributed by atoms with E-state index in [0.717, 1.165) is 55.4 Å². The lowest BCUT2D eigenvalue weighted by atomic mass is 9.98. The summed E-state index contributed by atoms with van der Waals surface area (Å²) in [6.45, 7) is 4.27. The number of hydrogen-bond donors (Lipinski definition) is 1. The zero-order valence-corrected chi connectivity index (χ0v) is 22.1. The van der Waals surface area contributed by atoms with Gasteiger partial charge in [-0.15, -0.1) is 0 Å². The smallest absolute Gasteiger partial charge is 0.231 e. The second kappa shape index (κ2) is 15.6. The first-order valence-corrected chi connectivity index (χ1v) is 14.0. The summed E-state index contributed by atoms with van der Waals surface area (Å²) in [5, 5.41) is 4.61. The number of benzene rings is 1. The van der Waals surface area contributed by atoms with E-state index in [2.05, 4.69) is 48.8 Å². The molecule has 1 N–H and O–H groups in total. The molecule has 3 rings (SSSR count). The minimum absolute atomic E-state index is 0.211. The van der Waals surface area contributed by atoms with Gasteiger partial charge in [0, 0.05) is 24.5 Å². The molecule has 0 aliphatic carbocycles. The van der Waals surface area contributed by atoms with Crippen LogP contribution in [-0.2, 0) is 0 Å². The van der Waals surface area contributed by atoms with E-state index in [9.17, 15) is 4.79 Å². The summed E-state index contributed by atoms with van der Waals surface area (Å²) in [4.78, 5) is 13.1. The fourth-order valence-corrected chi connectivity index (χ4v) is 5.02. The highest BCUT2D eigenvalue weighted by atomic mass is 16.5. The number of fused-ring (bicyclic) bond motifs is 1. The van der Waals surface area contributed by atoms with Crippen molar-refractivity contribution in [3.63, 3.8) is 0 Å². The van der Waals surface area contributed by atoms with Gasteiger partial charge in [0.15, 0.2) is 0 Å². The Balaban J connectivity index is 1.36. The molecule has 2 aromatic rings. The van der Waals surface area contributed by atoms with Crippen molar-refractivity contribution < 1.29 is 9.53 Å². The molecule has 1 aliphatic heterocycles. The van der Waals surface area contributed by atoms with Crippen molar-refractivity contribution in [2.24, 2.45) is 0 Å². The van der Waals surface area contributed by atoms with E-state index in [4.69, 9.17) is 4.74 Å².